The van der Waals surface area contributed by atoms with Gasteiger partial charge in [0.05, 0.1) is 75.4 Å². The molecule has 5 atom stereocenters. The van der Waals surface area contributed by atoms with Gasteiger partial charge in [-0.3, -0.25) is 47.1 Å². The molecule has 1 unspecified atom stereocenters. The zero-order valence-corrected chi connectivity index (χ0v) is 77.4. The number of likely N-dealkylation sites (N-methyl/N-ethyl adjacent to an activating group) is 3. The molecule has 43 heteroatoms. The Hall–Kier alpha value is -10.8. The molecule has 728 valence electrons. The van der Waals surface area contributed by atoms with Gasteiger partial charge in [0.25, 0.3) is 5.91 Å². The molecule has 1 heterocycles. The molecule has 133 heavy (non-hydrogen) atoms. The molecule has 1 amide bonds. The number of amides is 1. The zero-order valence-electron chi connectivity index (χ0n) is 75.8. The van der Waals surface area contributed by atoms with Crippen LogP contribution in [0.3, 0.4) is 0 Å². The van der Waals surface area contributed by atoms with E-state index in [1.165, 1.54) is 87.2 Å². The van der Waals surface area contributed by atoms with Crippen molar-refractivity contribution in [1.29, 1.82) is 0 Å². The third-order valence-corrected chi connectivity index (χ3v) is 16.8. The minimum atomic E-state index is -4.47. The van der Waals surface area contributed by atoms with E-state index in [9.17, 15) is 96.5 Å². The van der Waals surface area contributed by atoms with E-state index in [1.54, 1.807) is 120 Å². The largest absolute Gasteiger partial charge is 1.00 e. The summed E-state index contributed by atoms with van der Waals surface area (Å²) in [6.45, 7) is 17.1. The number of halogens is 13. The van der Waals surface area contributed by atoms with Crippen LogP contribution in [-0.2, 0) is 86.7 Å². The van der Waals surface area contributed by atoms with Crippen LogP contribution in [0.15, 0.2) is 218 Å². The quantitative estimate of drug-likeness (QED) is 0.00418. The number of aliphatic carboxylic acids is 1. The van der Waals surface area contributed by atoms with Crippen LogP contribution < -0.4 is 66.1 Å². The Morgan fingerprint density at radius 1 is 0.504 bits per heavy atom. The molecule has 1 aliphatic heterocycles. The smallest absolute Gasteiger partial charge is 0.549 e. The number of rotatable bonds is 30. The van der Waals surface area contributed by atoms with Crippen molar-refractivity contribution in [2.75, 3.05) is 120 Å². The fourth-order valence-corrected chi connectivity index (χ4v) is 10.1. The maximum absolute atomic E-state index is 12.7. The first-order chi connectivity index (χ1) is 62.2. The molecule has 9 rings (SSSR count). The average Bonchev–Trinajstić information content (AvgIpc) is 0.986. The third-order valence-electron chi connectivity index (χ3n) is 16.4. The van der Waals surface area contributed by atoms with Gasteiger partial charge >= 0.3 is 73.4 Å². The second kappa shape index (κ2) is 69.1. The molecular formula is C90H114BBrF12LiN9O19. The number of hydrogen-bond donors (Lipinski definition) is 7. The van der Waals surface area contributed by atoms with Crippen molar-refractivity contribution in [2.45, 2.75) is 110 Å². The summed E-state index contributed by atoms with van der Waals surface area (Å²) in [5.74, 6) is 5.98. The molecule has 9 N–H and O–H groups in total. The summed E-state index contributed by atoms with van der Waals surface area (Å²) in [5, 5.41) is 32.7. The van der Waals surface area contributed by atoms with Crippen molar-refractivity contribution in [3.05, 3.63) is 263 Å². The second-order valence-corrected chi connectivity index (χ2v) is 27.2. The van der Waals surface area contributed by atoms with Crippen LogP contribution in [0.25, 0.3) is 0 Å². The van der Waals surface area contributed by atoms with Crippen molar-refractivity contribution in [3.8, 4) is 23.0 Å². The van der Waals surface area contributed by atoms with E-state index in [0.29, 0.717) is 35.2 Å². The number of aromatic hydroxyl groups is 1. The van der Waals surface area contributed by atoms with Crippen LogP contribution in [-0.4, -0.2) is 206 Å². The number of nitrogens with two attached hydrogens (primary N) is 2. The van der Waals surface area contributed by atoms with Gasteiger partial charge in [-0.25, -0.2) is 24.6 Å². The van der Waals surface area contributed by atoms with Gasteiger partial charge in [0.1, 0.15) is 55.4 Å². The average molecular weight is 1950 g/mol. The van der Waals surface area contributed by atoms with Gasteiger partial charge in [-0.15, -0.1) is 0 Å². The predicted octanol–water partition coefficient (Wildman–Crippen LogP) is 10.7. The van der Waals surface area contributed by atoms with Crippen LogP contribution in [0.5, 0.6) is 23.0 Å². The number of alkyl halides is 13. The van der Waals surface area contributed by atoms with Gasteiger partial charge in [0, 0.05) is 44.9 Å². The number of carboxylic acid groups (broad SMARTS) is 1. The summed E-state index contributed by atoms with van der Waals surface area (Å²) in [7, 11) is 14.1. The van der Waals surface area contributed by atoms with E-state index < -0.39 is 101 Å². The van der Waals surface area contributed by atoms with E-state index in [0.717, 1.165) is 97.8 Å². The van der Waals surface area contributed by atoms with Crippen LogP contribution in [0.2, 0.25) is 0 Å². The molecule has 28 nitrogen and oxygen atoms in total. The van der Waals surface area contributed by atoms with E-state index in [4.69, 9.17) is 42.5 Å². The van der Waals surface area contributed by atoms with E-state index in [-0.39, 0.29) is 92.6 Å². The van der Waals surface area contributed by atoms with Crippen molar-refractivity contribution in [2.24, 2.45) is 11.7 Å². The maximum atomic E-state index is 12.7. The monoisotopic (exact) mass is 1950 g/mol. The Morgan fingerprint density at radius 3 is 1.14 bits per heavy atom. The number of carbonyl (C=O) groups excluding carboxylic acids is 7. The number of hydrogen-bond acceptors (Lipinski definition) is 27. The number of nitrogens with zero attached hydrogens (tertiary/aromatic N) is 4. The molecule has 1 fully saturated rings. The normalized spacial score (nSPS) is 12.6. The summed E-state index contributed by atoms with van der Waals surface area (Å²) >= 11 is 2.94. The first-order valence-electron chi connectivity index (χ1n) is 40.3. The first-order valence-corrected chi connectivity index (χ1v) is 41.4. The molecule has 0 aliphatic carbocycles. The molecule has 8 aromatic rings. The summed E-state index contributed by atoms with van der Waals surface area (Å²) in [6.07, 6.45) is -19.3. The van der Waals surface area contributed by atoms with Crippen LogP contribution in [0.1, 0.15) is 123 Å². The number of aliphatic hydroxyl groups is 1. The molecule has 0 spiro atoms. The number of methoxy groups -OCH3 is 2. The SMILES string of the molecule is CCN(CC)CC.CCOC(=O)CBr.CCOC(=O)CN(C)N.CCOC(=O)CN(C)NC(=O)[C@@H](Oc1ccc(C(F)(F)F)cc1)c1ccccc1.CN(CC(=O)[O-])NC[C@@H](Oc1ccc(C(F)(F)F)cc1)c1ccccc1.CNN.COC(=O)[C@@H](Oc1ccc(C(F)(F)F)cc1)c1ccccc1.COC(=O)[C@H](O)c1ccccc1.Oc1ccc(C(F)(F)F)cc1.[B]C1CCCO1.[Li+]. The second-order valence-electron chi connectivity index (χ2n) is 26.7. The fraction of sp³-hybridized carbons (Fsp3) is 0.389. The van der Waals surface area contributed by atoms with Gasteiger partial charge in [0.15, 0.2) is 6.10 Å². The minimum Gasteiger partial charge on any atom is -0.549 e. The summed E-state index contributed by atoms with van der Waals surface area (Å²) in [5.41, 5.74) is 6.91. The Bertz CT molecular complexity index is 4440. The molecule has 0 saturated carbocycles. The summed E-state index contributed by atoms with van der Waals surface area (Å²) in [4.78, 5) is 80.6. The number of phenols is 1. The summed E-state index contributed by atoms with van der Waals surface area (Å²) < 4.78 is 194. The first kappa shape index (κ1) is 124. The maximum Gasteiger partial charge on any atom is 1.00 e. The number of esters is 5. The molecular weight excluding hydrogens is 1840 g/mol. The van der Waals surface area contributed by atoms with Crippen molar-refractivity contribution in [3.63, 3.8) is 0 Å². The Morgan fingerprint density at radius 2 is 0.842 bits per heavy atom. The van der Waals surface area contributed by atoms with Gasteiger partial charge in [-0.1, -0.05) is 158 Å². The molecule has 0 bridgehead atoms. The van der Waals surface area contributed by atoms with Crippen molar-refractivity contribution >= 4 is 65.5 Å². The number of carboxylic acids is 1. The van der Waals surface area contributed by atoms with E-state index in [2.05, 4.69) is 82.7 Å². The third kappa shape index (κ3) is 56.7. The predicted molar refractivity (Wildman–Crippen MR) is 471 cm³/mol. The van der Waals surface area contributed by atoms with Crippen molar-refractivity contribution < 1.29 is 163 Å². The Balaban J connectivity index is 0. The number of phenolic OH excluding ortho intramolecular Hbond substituents is 1. The van der Waals surface area contributed by atoms with Gasteiger partial charge in [-0.2, -0.15) is 52.7 Å². The number of aliphatic hydroxyl groups excluding tert-OH is 1. The number of ether oxygens (including phenoxy) is 9. The van der Waals surface area contributed by atoms with Crippen molar-refractivity contribution in [1.82, 2.24) is 36.2 Å². The number of carbonyl (C=O) groups is 7. The van der Waals surface area contributed by atoms with Gasteiger partial charge in [-0.05, 0) is 168 Å². The van der Waals surface area contributed by atoms with Crippen LogP contribution in [0.4, 0.5) is 52.7 Å². The van der Waals surface area contributed by atoms with Crippen LogP contribution >= 0.6 is 15.9 Å². The number of hydrazine groups is 4. The van der Waals surface area contributed by atoms with Gasteiger partial charge in [0.2, 0.25) is 12.2 Å². The molecule has 8 aromatic carbocycles. The molecule has 1 saturated heterocycles. The Kier molecular flexibility index (Phi) is 64.5. The fourth-order valence-electron chi connectivity index (χ4n) is 9.98. The van der Waals surface area contributed by atoms with Gasteiger partial charge < -0.3 is 67.6 Å². The molecule has 0 aromatic heterocycles. The molecule has 2 radical (unpaired) electrons. The van der Waals surface area contributed by atoms with Crippen LogP contribution in [0, 0.1) is 0 Å². The standard InChI is InChI=1S/C20H21F3N2O4.C18H19F3N2O3.C16H13F3O3.C9H10O3.C7H5F3O.C6H15N.C5H12N2O2.C4H7BO.C4H7BrO2.CH6N2.Li/c1-3-28-17(26)13-25(2)24-19(27)18(14-7-5-4-6-8-14)29-16-11-9-15(10-12-16)20(21,22)23;1-23(12-17(24)25)22-11-16(13-5-3-2-4-6-13)26-15-9-7-14(8-10-15)18(19,20)21;1-21-15(20)14(11-5-3-2-4-6-11)22-13-9-7-12(8-10-13)16(17,18)19;1-12-9(11)8(10)7-5-3-2-4-6-7;8-7(9,10)5-1-3-6(11)4-2-5;1-4-7(5-2)6-3;1-3-9-5(8)4-7(2)6;5-4-2-1-3-6-4;1-2-7-4(6)3-5;1-3-2;/h4-12,18H,3,13H2,1-2H3,(H,24,27);2-10,16,22H,11-12H2,1H3,(H,24,25);2-10,14H,1H3;2-6,8,10H,1H3;1-4,11H;4-6H2,1-3H3;3-4,6H2,1-2H3;4H,1-3H2;2-3H2,1H3;3H,2H2,1H3;/q;;;;;;;;;;+1/p-1/t18-;16-;14-;8-;;;;;;;/m0101......./s1. The number of benzene rings is 8. The topological polar surface area (TPSA) is 367 Å². The zero-order chi connectivity index (χ0) is 100. The summed E-state index contributed by atoms with van der Waals surface area (Å²) in [6, 6.07) is 51.1. The number of nitrogens with one attached hydrogen (secondary N) is 3. The van der Waals surface area contributed by atoms with E-state index >= 15 is 0 Å². The Labute approximate surface area is 787 Å². The molecule has 1 aliphatic rings. The van der Waals surface area contributed by atoms with E-state index in [1.807, 2.05) is 36.4 Å². The minimum absolute atomic E-state index is 0.